The van der Waals surface area contributed by atoms with E-state index in [0.717, 1.165) is 0 Å². The molecule has 2 aromatic rings. The van der Waals surface area contributed by atoms with Gasteiger partial charge in [-0.25, -0.2) is 4.79 Å². The Bertz CT molecular complexity index is 621. The van der Waals surface area contributed by atoms with Crippen LogP contribution in [0, 0.1) is 10.1 Å². The van der Waals surface area contributed by atoms with E-state index < -0.39 is 11.1 Å². The van der Waals surface area contributed by atoms with Crippen LogP contribution in [-0.4, -0.2) is 16.2 Å². The number of non-ortho nitro benzene ring substituents is 1. The van der Waals surface area contributed by atoms with Gasteiger partial charge in [0.05, 0.1) is 4.92 Å². The number of nitro benzene ring substituents is 1. The maximum Gasteiger partial charge on any atom is 0.511 e. The molecule has 2 rings (SSSR count). The summed E-state index contributed by atoms with van der Waals surface area (Å²) in [6.45, 7) is 0. The third-order valence-electron chi connectivity index (χ3n) is 2.47. The van der Waals surface area contributed by atoms with E-state index in [1.54, 1.807) is 30.3 Å². The highest BCUT2D eigenvalue weighted by Gasteiger charge is 2.11. The number of carbonyl (C=O) groups is 1. The lowest BCUT2D eigenvalue weighted by Gasteiger charge is -2.07. The van der Waals surface area contributed by atoms with Crippen LogP contribution >= 0.6 is 0 Å². The fourth-order valence-corrected chi connectivity index (χ4v) is 1.65. The third kappa shape index (κ3) is 2.86. The molecule has 0 aliphatic heterocycles. The van der Waals surface area contributed by atoms with Gasteiger partial charge in [-0.2, -0.15) is 0 Å². The third-order valence-corrected chi connectivity index (χ3v) is 2.47. The molecule has 2 aromatic carbocycles. The summed E-state index contributed by atoms with van der Waals surface area (Å²) < 4.78 is 4.66. The first kappa shape index (κ1) is 12.6. The lowest BCUT2D eigenvalue weighted by atomic mass is 10.0. The van der Waals surface area contributed by atoms with Crippen molar-refractivity contribution < 1.29 is 19.6 Å². The Kier molecular flexibility index (Phi) is 3.42. The predicted octanol–water partition coefficient (Wildman–Crippen LogP) is 3.32. The number of para-hydroxylation sites is 1. The molecular weight excluding hydrogens is 250 g/mol. The molecule has 0 fully saturated rings. The Labute approximate surface area is 108 Å². The average Bonchev–Trinajstić information content (AvgIpc) is 2.39. The molecule has 19 heavy (non-hydrogen) atoms. The standard InChI is InChI=1S/C13H9NO5/c15-13(16)19-12-4-2-1-3-11(12)9-5-7-10(8-6-9)14(17)18/h1-8H,(H,15,16). The number of rotatable bonds is 3. The highest BCUT2D eigenvalue weighted by atomic mass is 16.7. The molecule has 0 saturated carbocycles. The highest BCUT2D eigenvalue weighted by molar-refractivity contribution is 5.74. The van der Waals surface area contributed by atoms with Crippen LogP contribution in [0.2, 0.25) is 0 Å². The molecule has 0 spiro atoms. The van der Waals surface area contributed by atoms with Gasteiger partial charge < -0.3 is 9.84 Å². The van der Waals surface area contributed by atoms with Crippen molar-refractivity contribution in [1.29, 1.82) is 0 Å². The van der Waals surface area contributed by atoms with E-state index >= 15 is 0 Å². The summed E-state index contributed by atoms with van der Waals surface area (Å²) in [6.07, 6.45) is -1.41. The lowest BCUT2D eigenvalue weighted by Crippen LogP contribution is -2.03. The van der Waals surface area contributed by atoms with Gasteiger partial charge in [0.1, 0.15) is 5.75 Å². The first-order valence-electron chi connectivity index (χ1n) is 5.32. The fourth-order valence-electron chi connectivity index (χ4n) is 1.65. The van der Waals surface area contributed by atoms with Crippen LogP contribution in [0.3, 0.4) is 0 Å². The Morgan fingerprint density at radius 3 is 2.32 bits per heavy atom. The van der Waals surface area contributed by atoms with Gasteiger partial charge in [-0.15, -0.1) is 0 Å². The van der Waals surface area contributed by atoms with Gasteiger partial charge in [-0.1, -0.05) is 18.2 Å². The molecule has 0 aliphatic rings. The summed E-state index contributed by atoms with van der Waals surface area (Å²) in [6, 6.07) is 12.4. The summed E-state index contributed by atoms with van der Waals surface area (Å²) in [5.74, 6) is 0.184. The van der Waals surface area contributed by atoms with Crippen LogP contribution in [0.5, 0.6) is 5.75 Å². The quantitative estimate of drug-likeness (QED) is 0.395. The molecule has 0 radical (unpaired) electrons. The molecule has 0 aromatic heterocycles. The second-order valence-electron chi connectivity index (χ2n) is 3.67. The molecule has 0 unspecified atom stereocenters. The number of hydrogen-bond acceptors (Lipinski definition) is 4. The van der Waals surface area contributed by atoms with E-state index in [1.807, 2.05) is 0 Å². The minimum absolute atomic E-state index is 0.0274. The molecule has 0 atom stereocenters. The first-order valence-corrected chi connectivity index (χ1v) is 5.32. The topological polar surface area (TPSA) is 89.7 Å². The fraction of sp³-hybridized carbons (Fsp3) is 0. The molecule has 6 heteroatoms. The summed E-state index contributed by atoms with van der Waals surface area (Å²) >= 11 is 0. The zero-order valence-corrected chi connectivity index (χ0v) is 9.65. The van der Waals surface area contributed by atoms with Gasteiger partial charge in [0, 0.05) is 17.7 Å². The van der Waals surface area contributed by atoms with E-state index in [4.69, 9.17) is 5.11 Å². The smallest absolute Gasteiger partial charge is 0.449 e. The molecule has 96 valence electrons. The first-order chi connectivity index (χ1) is 9.08. The van der Waals surface area contributed by atoms with Crippen molar-refractivity contribution >= 4 is 11.8 Å². The zero-order valence-electron chi connectivity index (χ0n) is 9.65. The molecule has 0 saturated heterocycles. The van der Waals surface area contributed by atoms with Crippen molar-refractivity contribution in [2.75, 3.05) is 0 Å². The van der Waals surface area contributed by atoms with E-state index in [9.17, 15) is 14.9 Å². The molecule has 0 aliphatic carbocycles. The van der Waals surface area contributed by atoms with Crippen molar-refractivity contribution in [1.82, 2.24) is 0 Å². The molecule has 0 bridgehead atoms. The van der Waals surface area contributed by atoms with Gasteiger partial charge in [0.2, 0.25) is 0 Å². The van der Waals surface area contributed by atoms with Crippen molar-refractivity contribution in [2.24, 2.45) is 0 Å². The maximum absolute atomic E-state index is 10.6. The largest absolute Gasteiger partial charge is 0.511 e. The summed E-state index contributed by atoms with van der Waals surface area (Å²) in [4.78, 5) is 20.7. The van der Waals surface area contributed by atoms with Crippen molar-refractivity contribution in [3.63, 3.8) is 0 Å². The maximum atomic E-state index is 10.6. The Morgan fingerprint density at radius 2 is 1.74 bits per heavy atom. The van der Waals surface area contributed by atoms with Crippen molar-refractivity contribution in [2.45, 2.75) is 0 Å². The number of nitrogens with zero attached hydrogens (tertiary/aromatic N) is 1. The van der Waals surface area contributed by atoms with E-state index in [0.29, 0.717) is 11.1 Å². The van der Waals surface area contributed by atoms with Gasteiger partial charge in [-0.3, -0.25) is 10.1 Å². The molecule has 1 N–H and O–H groups in total. The number of carboxylic acid groups (broad SMARTS) is 1. The number of nitro groups is 1. The van der Waals surface area contributed by atoms with Gasteiger partial charge >= 0.3 is 6.16 Å². The Balaban J connectivity index is 2.41. The van der Waals surface area contributed by atoms with Gasteiger partial charge in [0.25, 0.3) is 5.69 Å². The van der Waals surface area contributed by atoms with Crippen LogP contribution in [0.4, 0.5) is 10.5 Å². The Hall–Kier alpha value is -2.89. The van der Waals surface area contributed by atoms with E-state index in [1.165, 1.54) is 18.2 Å². The van der Waals surface area contributed by atoms with Crippen LogP contribution < -0.4 is 4.74 Å². The number of hydrogen-bond donors (Lipinski definition) is 1. The van der Waals surface area contributed by atoms with Crippen molar-refractivity contribution in [3.8, 4) is 16.9 Å². The second kappa shape index (κ2) is 5.18. The summed E-state index contributed by atoms with van der Waals surface area (Å²) in [5.41, 5.74) is 1.17. The summed E-state index contributed by atoms with van der Waals surface area (Å²) in [5, 5.41) is 19.2. The van der Waals surface area contributed by atoms with E-state index in [-0.39, 0.29) is 11.4 Å². The predicted molar refractivity (Wildman–Crippen MR) is 67.2 cm³/mol. The van der Waals surface area contributed by atoms with Gasteiger partial charge in [0.15, 0.2) is 0 Å². The minimum Gasteiger partial charge on any atom is -0.449 e. The highest BCUT2D eigenvalue weighted by Crippen LogP contribution is 2.30. The number of ether oxygens (including phenoxy) is 1. The second-order valence-corrected chi connectivity index (χ2v) is 3.67. The summed E-state index contributed by atoms with van der Waals surface area (Å²) in [7, 11) is 0. The molecule has 6 nitrogen and oxygen atoms in total. The monoisotopic (exact) mass is 259 g/mol. The van der Waals surface area contributed by atoms with Crippen LogP contribution in [-0.2, 0) is 0 Å². The van der Waals surface area contributed by atoms with Crippen LogP contribution in [0.1, 0.15) is 0 Å². The van der Waals surface area contributed by atoms with Crippen LogP contribution in [0.15, 0.2) is 48.5 Å². The zero-order chi connectivity index (χ0) is 13.8. The van der Waals surface area contributed by atoms with E-state index in [2.05, 4.69) is 4.74 Å². The molecular formula is C13H9NO5. The molecule has 0 heterocycles. The van der Waals surface area contributed by atoms with Crippen LogP contribution in [0.25, 0.3) is 11.1 Å². The average molecular weight is 259 g/mol. The molecule has 0 amide bonds. The van der Waals surface area contributed by atoms with Crippen molar-refractivity contribution in [3.05, 3.63) is 58.6 Å². The Morgan fingerprint density at radius 1 is 1.11 bits per heavy atom. The number of benzene rings is 2. The SMILES string of the molecule is O=C(O)Oc1ccccc1-c1ccc([N+](=O)[O-])cc1. The van der Waals surface area contributed by atoms with Gasteiger partial charge in [-0.05, 0) is 23.8 Å². The normalized spacial score (nSPS) is 9.89. The minimum atomic E-state index is -1.41. The lowest BCUT2D eigenvalue weighted by molar-refractivity contribution is -0.384.